The first-order chi connectivity index (χ1) is 9.09. The first-order valence-corrected chi connectivity index (χ1v) is 7.39. The highest BCUT2D eigenvalue weighted by Gasteiger charge is 2.27. The Kier molecular flexibility index (Phi) is 4.80. The summed E-state index contributed by atoms with van der Waals surface area (Å²) in [5.74, 6) is 0.659. The molecule has 1 aliphatic carbocycles. The van der Waals surface area contributed by atoms with Crippen molar-refractivity contribution in [3.63, 3.8) is 0 Å². The Hall–Kier alpha value is -1.10. The van der Waals surface area contributed by atoms with Crippen LogP contribution in [0.1, 0.15) is 58.8 Å². The lowest BCUT2D eigenvalue weighted by Gasteiger charge is -2.34. The molecule has 0 bridgehead atoms. The number of rotatable bonds is 6. The van der Waals surface area contributed by atoms with E-state index in [1.54, 1.807) is 0 Å². The second-order valence-electron chi connectivity index (χ2n) is 6.26. The van der Waals surface area contributed by atoms with Crippen LogP contribution in [-0.4, -0.2) is 22.8 Å². The Bertz CT molecular complexity index is 379. The number of hydrogen-bond acceptors (Lipinski definition) is 5. The summed E-state index contributed by atoms with van der Waals surface area (Å²) in [6.45, 7) is 8.45. The van der Waals surface area contributed by atoms with Crippen molar-refractivity contribution in [2.24, 2.45) is 5.41 Å². The minimum absolute atomic E-state index is 0.477. The Morgan fingerprint density at radius 3 is 2.68 bits per heavy atom. The minimum atomic E-state index is 0.477. The first kappa shape index (κ1) is 14.3. The van der Waals surface area contributed by atoms with Gasteiger partial charge in [0.25, 0.3) is 0 Å². The molecule has 0 saturated heterocycles. The molecular formula is C14H26N4O. The monoisotopic (exact) mass is 266 g/mol. The molecule has 1 aromatic rings. The Morgan fingerprint density at radius 1 is 1.26 bits per heavy atom. The minimum Gasteiger partial charge on any atom is -0.407 e. The van der Waals surface area contributed by atoms with Gasteiger partial charge in [-0.05, 0) is 44.1 Å². The maximum absolute atomic E-state index is 5.59. The van der Waals surface area contributed by atoms with Crippen molar-refractivity contribution >= 4 is 6.01 Å². The van der Waals surface area contributed by atoms with Crippen molar-refractivity contribution in [2.75, 3.05) is 11.9 Å². The van der Waals surface area contributed by atoms with Gasteiger partial charge in [0.1, 0.15) is 0 Å². The summed E-state index contributed by atoms with van der Waals surface area (Å²) in [4.78, 5) is 0. The van der Waals surface area contributed by atoms with Gasteiger partial charge in [-0.25, -0.2) is 0 Å². The standard InChI is InChI=1S/C14H26N4O/c1-4-9-15-10-12-17-18-13(19-12)16-11-5-7-14(2,3)8-6-11/h11,15H,4-10H2,1-3H3,(H,16,18). The SMILES string of the molecule is CCCNCc1nnc(NC2CCC(C)(C)CC2)o1. The van der Waals surface area contributed by atoms with Crippen LogP contribution in [0.2, 0.25) is 0 Å². The summed E-state index contributed by atoms with van der Waals surface area (Å²) in [5.41, 5.74) is 0.488. The Morgan fingerprint density at radius 2 is 2.00 bits per heavy atom. The third-order valence-corrected chi connectivity index (χ3v) is 3.84. The van der Waals surface area contributed by atoms with Gasteiger partial charge in [0, 0.05) is 6.04 Å². The molecule has 19 heavy (non-hydrogen) atoms. The zero-order chi connectivity index (χ0) is 13.7. The molecule has 0 spiro atoms. The van der Waals surface area contributed by atoms with E-state index in [4.69, 9.17) is 4.42 Å². The van der Waals surface area contributed by atoms with E-state index < -0.39 is 0 Å². The summed E-state index contributed by atoms with van der Waals surface area (Å²) in [7, 11) is 0. The van der Waals surface area contributed by atoms with Gasteiger partial charge in [0.2, 0.25) is 5.89 Å². The van der Waals surface area contributed by atoms with E-state index in [-0.39, 0.29) is 0 Å². The van der Waals surface area contributed by atoms with Crippen LogP contribution in [0.25, 0.3) is 0 Å². The molecule has 108 valence electrons. The summed E-state index contributed by atoms with van der Waals surface area (Å²) in [6, 6.07) is 1.04. The average Bonchev–Trinajstić information content (AvgIpc) is 2.80. The Balaban J connectivity index is 1.77. The normalized spacial score (nSPS) is 19.5. The largest absolute Gasteiger partial charge is 0.407 e. The number of nitrogens with one attached hydrogen (secondary N) is 2. The van der Waals surface area contributed by atoms with Gasteiger partial charge >= 0.3 is 6.01 Å². The lowest BCUT2D eigenvalue weighted by Crippen LogP contribution is -2.29. The fourth-order valence-electron chi connectivity index (χ4n) is 2.47. The number of hydrogen-bond donors (Lipinski definition) is 2. The highest BCUT2D eigenvalue weighted by atomic mass is 16.4. The van der Waals surface area contributed by atoms with Gasteiger partial charge in [0.05, 0.1) is 6.54 Å². The van der Waals surface area contributed by atoms with Gasteiger partial charge in [-0.3, -0.25) is 0 Å². The van der Waals surface area contributed by atoms with Crippen molar-refractivity contribution in [3.05, 3.63) is 5.89 Å². The predicted octanol–water partition coefficient (Wildman–Crippen LogP) is 2.95. The van der Waals surface area contributed by atoms with Crippen molar-refractivity contribution in [1.29, 1.82) is 0 Å². The zero-order valence-electron chi connectivity index (χ0n) is 12.3. The van der Waals surface area contributed by atoms with E-state index >= 15 is 0 Å². The van der Waals surface area contributed by atoms with E-state index in [9.17, 15) is 0 Å². The summed E-state index contributed by atoms with van der Waals surface area (Å²) >= 11 is 0. The summed E-state index contributed by atoms with van der Waals surface area (Å²) in [6.07, 6.45) is 5.97. The molecule has 5 heteroatoms. The molecule has 1 saturated carbocycles. The fraction of sp³-hybridized carbons (Fsp3) is 0.857. The molecule has 0 amide bonds. The van der Waals surface area contributed by atoms with Gasteiger partial charge in [-0.1, -0.05) is 25.9 Å². The molecule has 2 rings (SSSR count). The van der Waals surface area contributed by atoms with Crippen LogP contribution in [0, 0.1) is 5.41 Å². The second kappa shape index (κ2) is 6.37. The van der Waals surface area contributed by atoms with Gasteiger partial charge in [-0.15, -0.1) is 5.10 Å². The maximum atomic E-state index is 5.59. The van der Waals surface area contributed by atoms with Gasteiger partial charge in [0.15, 0.2) is 0 Å². The van der Waals surface area contributed by atoms with Crippen LogP contribution < -0.4 is 10.6 Å². The molecule has 0 aromatic carbocycles. The van der Waals surface area contributed by atoms with Crippen LogP contribution in [0.5, 0.6) is 0 Å². The molecule has 0 radical (unpaired) electrons. The first-order valence-electron chi connectivity index (χ1n) is 7.39. The van der Waals surface area contributed by atoms with Gasteiger partial charge in [-0.2, -0.15) is 0 Å². The van der Waals surface area contributed by atoms with E-state index in [0.717, 1.165) is 13.0 Å². The second-order valence-corrected chi connectivity index (χ2v) is 6.26. The maximum Gasteiger partial charge on any atom is 0.315 e. The van der Waals surface area contributed by atoms with Crippen LogP contribution in [0.15, 0.2) is 4.42 Å². The number of anilines is 1. The molecule has 0 unspecified atom stereocenters. The highest BCUT2D eigenvalue weighted by Crippen LogP contribution is 2.35. The number of aromatic nitrogens is 2. The lowest BCUT2D eigenvalue weighted by molar-refractivity contribution is 0.231. The third-order valence-electron chi connectivity index (χ3n) is 3.84. The number of nitrogens with zero attached hydrogens (tertiary/aromatic N) is 2. The highest BCUT2D eigenvalue weighted by molar-refractivity contribution is 5.19. The van der Waals surface area contributed by atoms with Crippen LogP contribution in [-0.2, 0) is 6.54 Å². The Labute approximate surface area is 115 Å². The van der Waals surface area contributed by atoms with Crippen LogP contribution >= 0.6 is 0 Å². The van der Waals surface area contributed by atoms with E-state index in [0.29, 0.717) is 29.9 Å². The molecule has 1 aromatic heterocycles. The molecule has 0 atom stereocenters. The molecule has 1 heterocycles. The average molecular weight is 266 g/mol. The molecule has 2 N–H and O–H groups in total. The molecule has 1 aliphatic rings. The van der Waals surface area contributed by atoms with Crippen LogP contribution in [0.3, 0.4) is 0 Å². The van der Waals surface area contributed by atoms with Crippen molar-refractivity contribution < 1.29 is 4.42 Å². The van der Waals surface area contributed by atoms with Crippen molar-refractivity contribution in [3.8, 4) is 0 Å². The molecular weight excluding hydrogens is 240 g/mol. The zero-order valence-corrected chi connectivity index (χ0v) is 12.3. The topological polar surface area (TPSA) is 63.0 Å². The van der Waals surface area contributed by atoms with E-state index in [1.807, 2.05) is 0 Å². The quantitative estimate of drug-likeness (QED) is 0.775. The smallest absolute Gasteiger partial charge is 0.315 e. The van der Waals surface area contributed by atoms with Crippen molar-refractivity contribution in [2.45, 2.75) is 65.5 Å². The third kappa shape index (κ3) is 4.49. The van der Waals surface area contributed by atoms with Gasteiger partial charge < -0.3 is 15.1 Å². The van der Waals surface area contributed by atoms with E-state index in [2.05, 4.69) is 41.6 Å². The molecule has 1 fully saturated rings. The summed E-state index contributed by atoms with van der Waals surface area (Å²) in [5, 5.41) is 14.7. The predicted molar refractivity (Wildman–Crippen MR) is 76.0 cm³/mol. The summed E-state index contributed by atoms with van der Waals surface area (Å²) < 4.78 is 5.59. The molecule has 5 nitrogen and oxygen atoms in total. The fourth-order valence-corrected chi connectivity index (χ4v) is 2.47. The lowest BCUT2D eigenvalue weighted by atomic mass is 9.76. The van der Waals surface area contributed by atoms with Crippen molar-refractivity contribution in [1.82, 2.24) is 15.5 Å². The van der Waals surface area contributed by atoms with Crippen LogP contribution in [0.4, 0.5) is 6.01 Å². The molecule has 0 aliphatic heterocycles. The van der Waals surface area contributed by atoms with E-state index in [1.165, 1.54) is 25.7 Å².